The van der Waals surface area contributed by atoms with E-state index in [1.807, 2.05) is 19.1 Å². The molecule has 8 heteroatoms. The second-order valence-electron chi connectivity index (χ2n) is 7.34. The largest absolute Gasteiger partial charge is 0.435 e. The highest BCUT2D eigenvalue weighted by Crippen LogP contribution is 2.35. The number of rotatable bonds is 5. The predicted octanol–water partition coefficient (Wildman–Crippen LogP) is 4.61. The summed E-state index contributed by atoms with van der Waals surface area (Å²) >= 11 is 6.37. The van der Waals surface area contributed by atoms with Gasteiger partial charge in [-0.15, -0.1) is 0 Å². The number of aryl methyl sites for hydroxylation is 1. The molecule has 154 valence electrons. The number of oxazole rings is 1. The molecule has 2 amide bonds. The second kappa shape index (κ2) is 8.28. The average Bonchev–Trinajstić information content (AvgIpc) is 3.11. The van der Waals surface area contributed by atoms with Crippen molar-refractivity contribution in [3.8, 4) is 22.8 Å². The van der Waals surface area contributed by atoms with E-state index in [-0.39, 0.29) is 29.4 Å². The Labute approximate surface area is 178 Å². The fourth-order valence-electron chi connectivity index (χ4n) is 3.23. The lowest BCUT2D eigenvalue weighted by Crippen LogP contribution is -2.39. The van der Waals surface area contributed by atoms with E-state index in [1.165, 1.54) is 6.92 Å². The van der Waals surface area contributed by atoms with E-state index < -0.39 is 0 Å². The van der Waals surface area contributed by atoms with Gasteiger partial charge in [-0.1, -0.05) is 23.7 Å². The number of pyridine rings is 1. The van der Waals surface area contributed by atoms with Gasteiger partial charge in [0.2, 0.25) is 11.8 Å². The molecule has 0 unspecified atom stereocenters. The molecule has 0 radical (unpaired) electrons. The van der Waals surface area contributed by atoms with Crippen molar-refractivity contribution >= 4 is 29.2 Å². The van der Waals surface area contributed by atoms with Gasteiger partial charge in [-0.05, 0) is 49.9 Å². The molecule has 1 saturated carbocycles. The molecule has 0 spiro atoms. The zero-order chi connectivity index (χ0) is 21.3. The van der Waals surface area contributed by atoms with Crippen LogP contribution in [-0.2, 0) is 4.79 Å². The third-order valence-corrected chi connectivity index (χ3v) is 5.37. The van der Waals surface area contributed by atoms with Crippen molar-refractivity contribution in [1.29, 1.82) is 0 Å². The van der Waals surface area contributed by atoms with Crippen LogP contribution in [0.25, 0.3) is 22.8 Å². The van der Waals surface area contributed by atoms with Gasteiger partial charge in [-0.2, -0.15) is 0 Å². The molecule has 1 aliphatic rings. The first-order chi connectivity index (χ1) is 14.4. The van der Waals surface area contributed by atoms with Gasteiger partial charge in [0.15, 0.2) is 11.5 Å². The summed E-state index contributed by atoms with van der Waals surface area (Å²) < 4.78 is 6.07. The van der Waals surface area contributed by atoms with Gasteiger partial charge >= 0.3 is 0 Å². The SMILES string of the molecule is CC(=O)Nc1cc(-c2nc(C(=O)NC3CCC3)c(-c3ccccc3Cl)o2)c(C)cn1. The summed E-state index contributed by atoms with van der Waals surface area (Å²) in [6.07, 6.45) is 4.64. The van der Waals surface area contributed by atoms with Crippen LogP contribution in [0.3, 0.4) is 0 Å². The minimum absolute atomic E-state index is 0.158. The van der Waals surface area contributed by atoms with E-state index >= 15 is 0 Å². The zero-order valence-electron chi connectivity index (χ0n) is 16.7. The van der Waals surface area contributed by atoms with Crippen LogP contribution in [0, 0.1) is 6.92 Å². The Morgan fingerprint density at radius 1 is 1.20 bits per heavy atom. The summed E-state index contributed by atoms with van der Waals surface area (Å²) in [5.41, 5.74) is 2.19. The topological polar surface area (TPSA) is 97.1 Å². The molecule has 7 nitrogen and oxygen atoms in total. The van der Waals surface area contributed by atoms with Gasteiger partial charge < -0.3 is 15.1 Å². The Balaban J connectivity index is 1.80. The number of hydrogen-bond donors (Lipinski definition) is 2. The molecule has 2 N–H and O–H groups in total. The molecule has 1 aromatic carbocycles. The summed E-state index contributed by atoms with van der Waals surface area (Å²) in [5.74, 6) is 0.418. The van der Waals surface area contributed by atoms with Gasteiger partial charge in [0, 0.05) is 30.3 Å². The Morgan fingerprint density at radius 2 is 1.97 bits per heavy atom. The third kappa shape index (κ3) is 4.07. The maximum Gasteiger partial charge on any atom is 0.274 e. The van der Waals surface area contributed by atoms with Crippen LogP contribution in [0.5, 0.6) is 0 Å². The van der Waals surface area contributed by atoms with Crippen LogP contribution < -0.4 is 10.6 Å². The molecule has 4 rings (SSSR count). The summed E-state index contributed by atoms with van der Waals surface area (Å²) in [6.45, 7) is 3.26. The maximum atomic E-state index is 12.9. The quantitative estimate of drug-likeness (QED) is 0.623. The van der Waals surface area contributed by atoms with E-state index in [0.29, 0.717) is 27.7 Å². The average molecular weight is 425 g/mol. The van der Waals surface area contributed by atoms with Crippen molar-refractivity contribution in [2.75, 3.05) is 5.32 Å². The Kier molecular flexibility index (Phi) is 5.55. The normalized spacial score (nSPS) is 13.6. The maximum absolute atomic E-state index is 12.9. The number of amides is 2. The molecule has 2 aromatic heterocycles. The highest BCUT2D eigenvalue weighted by molar-refractivity contribution is 6.33. The molecule has 1 aliphatic carbocycles. The molecule has 0 saturated heterocycles. The number of carbonyl (C=O) groups excluding carboxylic acids is 2. The molecule has 2 heterocycles. The van der Waals surface area contributed by atoms with E-state index in [1.54, 1.807) is 24.4 Å². The number of nitrogens with zero attached hydrogens (tertiary/aromatic N) is 2. The monoisotopic (exact) mass is 424 g/mol. The summed E-state index contributed by atoms with van der Waals surface area (Å²) in [5, 5.41) is 6.12. The molecule has 0 bridgehead atoms. The van der Waals surface area contributed by atoms with Crippen LogP contribution >= 0.6 is 11.6 Å². The number of halogens is 1. The van der Waals surface area contributed by atoms with E-state index in [2.05, 4.69) is 20.6 Å². The second-order valence-corrected chi connectivity index (χ2v) is 7.75. The summed E-state index contributed by atoms with van der Waals surface area (Å²) in [6, 6.07) is 8.99. The van der Waals surface area contributed by atoms with Crippen molar-refractivity contribution in [2.45, 2.75) is 39.2 Å². The van der Waals surface area contributed by atoms with Gasteiger partial charge in [0.1, 0.15) is 5.82 Å². The third-order valence-electron chi connectivity index (χ3n) is 5.04. The van der Waals surface area contributed by atoms with Crippen LogP contribution in [0.2, 0.25) is 5.02 Å². The number of hydrogen-bond acceptors (Lipinski definition) is 5. The van der Waals surface area contributed by atoms with Crippen LogP contribution in [0.4, 0.5) is 5.82 Å². The number of aromatic nitrogens is 2. The van der Waals surface area contributed by atoms with Crippen molar-refractivity contribution in [3.63, 3.8) is 0 Å². The molecule has 3 aromatic rings. The Bertz CT molecular complexity index is 1120. The fraction of sp³-hybridized carbons (Fsp3) is 0.273. The van der Waals surface area contributed by atoms with Gasteiger partial charge in [-0.25, -0.2) is 9.97 Å². The first-order valence-corrected chi connectivity index (χ1v) is 10.1. The zero-order valence-corrected chi connectivity index (χ0v) is 17.4. The van der Waals surface area contributed by atoms with Gasteiger partial charge in [0.25, 0.3) is 5.91 Å². The lowest BCUT2D eigenvalue weighted by molar-refractivity contribution is -0.114. The van der Waals surface area contributed by atoms with Crippen molar-refractivity contribution in [1.82, 2.24) is 15.3 Å². The number of nitrogens with one attached hydrogen (secondary N) is 2. The number of carbonyl (C=O) groups is 2. The summed E-state index contributed by atoms with van der Waals surface area (Å²) in [7, 11) is 0. The van der Waals surface area contributed by atoms with Crippen LogP contribution in [0.15, 0.2) is 40.9 Å². The van der Waals surface area contributed by atoms with Crippen molar-refractivity contribution in [2.24, 2.45) is 0 Å². The van der Waals surface area contributed by atoms with Crippen LogP contribution in [0.1, 0.15) is 42.2 Å². The van der Waals surface area contributed by atoms with Gasteiger partial charge in [-0.3, -0.25) is 9.59 Å². The lowest BCUT2D eigenvalue weighted by Gasteiger charge is -2.25. The van der Waals surface area contributed by atoms with E-state index in [0.717, 1.165) is 24.8 Å². The predicted molar refractivity (Wildman–Crippen MR) is 114 cm³/mol. The van der Waals surface area contributed by atoms with Gasteiger partial charge in [0.05, 0.1) is 5.02 Å². The highest BCUT2D eigenvalue weighted by atomic mass is 35.5. The van der Waals surface area contributed by atoms with Crippen molar-refractivity contribution < 1.29 is 14.0 Å². The molecular formula is C22H21ClN4O3. The molecular weight excluding hydrogens is 404 g/mol. The minimum Gasteiger partial charge on any atom is -0.435 e. The molecule has 0 atom stereocenters. The smallest absolute Gasteiger partial charge is 0.274 e. The highest BCUT2D eigenvalue weighted by Gasteiger charge is 2.27. The Morgan fingerprint density at radius 3 is 2.63 bits per heavy atom. The minimum atomic E-state index is -0.293. The summed E-state index contributed by atoms with van der Waals surface area (Å²) in [4.78, 5) is 33.1. The van der Waals surface area contributed by atoms with Crippen molar-refractivity contribution in [3.05, 3.63) is 52.8 Å². The standard InChI is InChI=1S/C22H21ClN4O3/c1-12-11-24-18(25-13(2)28)10-16(12)22-27-19(21(29)26-14-6-5-7-14)20(30-22)15-8-3-4-9-17(15)23/h3-4,8-11,14H,5-7H2,1-2H3,(H,26,29)(H,24,25,28). The lowest BCUT2D eigenvalue weighted by atomic mass is 9.93. The first kappa shape index (κ1) is 20.1. The molecule has 1 fully saturated rings. The Hall–Kier alpha value is -3.19. The first-order valence-electron chi connectivity index (χ1n) is 9.73. The molecule has 0 aliphatic heterocycles. The van der Waals surface area contributed by atoms with E-state index in [9.17, 15) is 9.59 Å². The number of benzene rings is 1. The number of anilines is 1. The van der Waals surface area contributed by atoms with E-state index in [4.69, 9.17) is 16.0 Å². The molecule has 30 heavy (non-hydrogen) atoms. The fourth-order valence-corrected chi connectivity index (χ4v) is 3.45. The van der Waals surface area contributed by atoms with Crippen LogP contribution in [-0.4, -0.2) is 27.8 Å².